The van der Waals surface area contributed by atoms with E-state index in [2.05, 4.69) is 21.3 Å². The van der Waals surface area contributed by atoms with Gasteiger partial charge in [0.05, 0.1) is 22.2 Å². The molecule has 4 N–H and O–H groups in total. The minimum atomic E-state index is -0.826. The molecule has 0 spiro atoms. The topological polar surface area (TPSA) is 184 Å². The molecule has 0 aromatic rings. The summed E-state index contributed by atoms with van der Waals surface area (Å²) in [5, 5.41) is 13.9. The first-order valence-corrected chi connectivity index (χ1v) is 20.7. The van der Waals surface area contributed by atoms with Crippen LogP contribution in [0.2, 0.25) is 0 Å². The third kappa shape index (κ3) is 8.63. The number of hydrogen-bond donors (Lipinski definition) is 4. The molecule has 0 radical (unpaired) electrons. The molecule has 12 atom stereocenters. The molecule has 16 heteroatoms. The first kappa shape index (κ1) is 40.1. The molecule has 0 fully saturated rings. The predicted octanol–water partition coefficient (Wildman–Crippen LogP) is 2.74. The maximum atomic E-state index is 13.8. The lowest BCUT2D eigenvalue weighted by Gasteiger charge is -2.25. The van der Waals surface area contributed by atoms with Crippen LogP contribution in [0, 0.1) is 23.7 Å². The van der Waals surface area contributed by atoms with E-state index in [-0.39, 0.29) is 47.3 Å². The van der Waals surface area contributed by atoms with E-state index in [1.54, 1.807) is 13.8 Å². The van der Waals surface area contributed by atoms with Gasteiger partial charge in [-0.3, -0.25) is 29.2 Å². The lowest BCUT2D eigenvalue weighted by molar-refractivity contribution is -0.125. The van der Waals surface area contributed by atoms with Crippen LogP contribution >= 0.6 is 23.5 Å². The van der Waals surface area contributed by atoms with Gasteiger partial charge in [-0.15, -0.1) is 23.5 Å². The van der Waals surface area contributed by atoms with E-state index in [0.29, 0.717) is 33.4 Å². The van der Waals surface area contributed by atoms with Gasteiger partial charge in [0, 0.05) is 11.5 Å². The van der Waals surface area contributed by atoms with Crippen molar-refractivity contribution >= 4 is 69.0 Å². The lowest BCUT2D eigenvalue weighted by Crippen LogP contribution is -2.49. The van der Waals surface area contributed by atoms with Crippen molar-refractivity contribution in [2.24, 2.45) is 43.6 Å². The zero-order valence-corrected chi connectivity index (χ0v) is 33.6. The quantitative estimate of drug-likeness (QED) is 0.319. The highest BCUT2D eigenvalue weighted by Gasteiger charge is 2.44. The van der Waals surface area contributed by atoms with Crippen LogP contribution in [0.3, 0.4) is 0 Å². The fraction of sp³-hybridized carbons (Fsp3) is 0.778. The summed E-state index contributed by atoms with van der Waals surface area (Å²) in [5.74, 6) is 0.230. The van der Waals surface area contributed by atoms with Gasteiger partial charge in [0.2, 0.25) is 35.4 Å². The molecule has 0 aromatic carbocycles. The lowest BCUT2D eigenvalue weighted by atomic mass is 9.98. The van der Waals surface area contributed by atoms with Gasteiger partial charge in [-0.05, 0) is 37.5 Å². The fourth-order valence-electron chi connectivity index (χ4n) is 6.67. The number of fused-ring (bicyclic) bond motifs is 4. The van der Waals surface area contributed by atoms with Crippen LogP contribution < -0.4 is 21.3 Å². The van der Waals surface area contributed by atoms with Crippen molar-refractivity contribution in [3.05, 3.63) is 0 Å². The van der Waals surface area contributed by atoms with Gasteiger partial charge in [-0.2, -0.15) is 0 Å². The van der Waals surface area contributed by atoms with Crippen LogP contribution in [0.5, 0.6) is 0 Å². The summed E-state index contributed by atoms with van der Waals surface area (Å²) in [6.45, 7) is 19.7. The molecular formula is C36H56N8O6S2. The standard InChI is InChI=1S/C36H56N8O6S2/c1-11-17(7)25-33-43-27(19(9)49-33)31(47)39-24(16(5)6)36-38-22(14-52-36)30(46)42-26(18(8)12-2)34-44-28(20(10)50-34)32(48)40-23(15(3)4)35-37-21(13-51-35)29(45)41-25/h15-28H,11-14H2,1-10H3,(H,39,47)(H,40,48)(H,41,45)(H,42,46)/t17?,18?,19-,20-,21?,22?,23-,24-,25+,26+,27+,28+/m1/s1. The minimum absolute atomic E-state index is 0.0208. The van der Waals surface area contributed by atoms with E-state index in [9.17, 15) is 19.2 Å². The van der Waals surface area contributed by atoms with Gasteiger partial charge >= 0.3 is 0 Å². The van der Waals surface area contributed by atoms with E-state index in [1.165, 1.54) is 23.5 Å². The summed E-state index contributed by atoms with van der Waals surface area (Å²) < 4.78 is 12.4. The van der Waals surface area contributed by atoms with Gasteiger partial charge in [0.1, 0.15) is 36.4 Å². The van der Waals surface area contributed by atoms with Crippen molar-refractivity contribution < 1.29 is 28.7 Å². The Hall–Kier alpha value is -3.14. The first-order valence-electron chi connectivity index (χ1n) is 18.7. The number of amides is 4. The molecule has 4 amide bonds. The van der Waals surface area contributed by atoms with Gasteiger partial charge in [0.25, 0.3) is 0 Å². The highest BCUT2D eigenvalue weighted by Crippen LogP contribution is 2.29. The number of aliphatic imine (C=N–C) groups is 4. The highest BCUT2D eigenvalue weighted by atomic mass is 32.2. The molecule has 14 nitrogen and oxygen atoms in total. The van der Waals surface area contributed by atoms with Crippen molar-refractivity contribution in [2.45, 2.75) is 143 Å². The van der Waals surface area contributed by atoms with Crippen molar-refractivity contribution in [3.8, 4) is 0 Å². The van der Waals surface area contributed by atoms with Crippen molar-refractivity contribution in [1.29, 1.82) is 0 Å². The van der Waals surface area contributed by atoms with E-state index < -0.39 is 60.5 Å². The number of carbonyl (C=O) groups excluding carboxylic acids is 4. The van der Waals surface area contributed by atoms with Crippen LogP contribution in [-0.2, 0) is 28.7 Å². The van der Waals surface area contributed by atoms with E-state index >= 15 is 0 Å². The molecule has 5 aliphatic rings. The number of hydrogen-bond acceptors (Lipinski definition) is 12. The van der Waals surface area contributed by atoms with Crippen LogP contribution in [0.25, 0.3) is 0 Å². The van der Waals surface area contributed by atoms with Gasteiger partial charge in [0.15, 0.2) is 12.1 Å². The SMILES string of the molecule is CCC(C)[C@@H]1NC(=O)C2CSC(=N2)[C@@H](C(C)C)NC(=O)[C@H]2N=C(O[C@@H]2C)[C@H](C(C)CC)NC(=O)C2CSC(=N2)[C@@H](C(C)C)NC(=O)[C@H]2N=C1O[C@@H]2C. The van der Waals surface area contributed by atoms with Crippen LogP contribution in [0.4, 0.5) is 0 Å². The van der Waals surface area contributed by atoms with Crippen molar-refractivity contribution in [1.82, 2.24) is 21.3 Å². The number of carbonyl (C=O) groups is 4. The minimum Gasteiger partial charge on any atom is -0.474 e. The Balaban J connectivity index is 1.52. The Kier molecular flexibility index (Phi) is 13.0. The molecule has 5 rings (SSSR count). The summed E-state index contributed by atoms with van der Waals surface area (Å²) in [4.78, 5) is 74.2. The van der Waals surface area contributed by atoms with E-state index in [1.807, 2.05) is 55.4 Å². The molecule has 52 heavy (non-hydrogen) atoms. The normalized spacial score (nSPS) is 35.5. The van der Waals surface area contributed by atoms with Crippen LogP contribution in [-0.4, -0.2) is 118 Å². The van der Waals surface area contributed by atoms with E-state index in [4.69, 9.17) is 29.4 Å². The molecule has 0 saturated carbocycles. The molecule has 0 saturated heterocycles. The second-order valence-electron chi connectivity index (χ2n) is 15.3. The largest absolute Gasteiger partial charge is 0.474 e. The van der Waals surface area contributed by atoms with E-state index in [0.717, 1.165) is 12.8 Å². The summed E-state index contributed by atoms with van der Waals surface area (Å²) in [7, 11) is 0. The van der Waals surface area contributed by atoms with Gasteiger partial charge in [-0.1, -0.05) is 68.2 Å². The number of nitrogens with zero attached hydrogens (tertiary/aromatic N) is 4. The maximum Gasteiger partial charge on any atom is 0.249 e. The molecule has 5 aliphatic heterocycles. The summed E-state index contributed by atoms with van der Waals surface area (Å²) in [6.07, 6.45) is 0.363. The third-order valence-corrected chi connectivity index (χ3v) is 12.8. The number of rotatable bonds is 6. The molecular weight excluding hydrogens is 705 g/mol. The summed E-state index contributed by atoms with van der Waals surface area (Å²) in [5.41, 5.74) is 0. The average molecular weight is 761 g/mol. The second kappa shape index (κ2) is 16.9. The highest BCUT2D eigenvalue weighted by molar-refractivity contribution is 8.14. The summed E-state index contributed by atoms with van der Waals surface area (Å²) in [6, 6.07) is -4.99. The average Bonchev–Trinajstić information content (AvgIpc) is 3.92. The van der Waals surface area contributed by atoms with Crippen LogP contribution in [0.15, 0.2) is 20.0 Å². The molecule has 0 aliphatic carbocycles. The maximum absolute atomic E-state index is 13.8. The number of thioether (sulfide) groups is 2. The number of ether oxygens (including phenoxy) is 2. The zero-order chi connectivity index (χ0) is 38.0. The second-order valence-corrected chi connectivity index (χ2v) is 17.3. The third-order valence-electron chi connectivity index (χ3n) is 10.5. The Bertz CT molecular complexity index is 1410. The first-order chi connectivity index (χ1) is 24.6. The Labute approximate surface area is 315 Å². The molecule has 8 bridgehead atoms. The summed E-state index contributed by atoms with van der Waals surface area (Å²) >= 11 is 2.91. The fourth-order valence-corrected chi connectivity index (χ4v) is 9.20. The Morgan fingerprint density at radius 1 is 0.577 bits per heavy atom. The molecule has 288 valence electrons. The van der Waals surface area contributed by atoms with Crippen LogP contribution in [0.1, 0.15) is 82.1 Å². The molecule has 4 unspecified atom stereocenters. The smallest absolute Gasteiger partial charge is 0.249 e. The monoisotopic (exact) mass is 760 g/mol. The molecule has 5 heterocycles. The van der Waals surface area contributed by atoms with Gasteiger partial charge < -0.3 is 30.7 Å². The van der Waals surface area contributed by atoms with Crippen molar-refractivity contribution in [3.63, 3.8) is 0 Å². The zero-order valence-electron chi connectivity index (χ0n) is 32.0. The predicted molar refractivity (Wildman–Crippen MR) is 207 cm³/mol. The van der Waals surface area contributed by atoms with Gasteiger partial charge in [-0.25, -0.2) is 9.98 Å². The van der Waals surface area contributed by atoms with Crippen molar-refractivity contribution in [2.75, 3.05) is 11.5 Å². The Morgan fingerprint density at radius 3 is 1.25 bits per heavy atom. The Morgan fingerprint density at radius 2 is 0.923 bits per heavy atom. The number of nitrogens with one attached hydrogen (secondary N) is 4. The molecule has 0 aromatic heterocycles.